The van der Waals surface area contributed by atoms with Gasteiger partial charge in [0.2, 0.25) is 0 Å². The third kappa shape index (κ3) is 7.27. The Morgan fingerprint density at radius 3 is 1.82 bits per heavy atom. The molecule has 2 aromatic rings. The minimum absolute atomic E-state index is 0.0975. The van der Waals surface area contributed by atoms with Crippen LogP contribution in [-0.4, -0.2) is 23.9 Å². The Morgan fingerprint density at radius 2 is 1.30 bits per heavy atom. The molecule has 0 atom stereocenters. The Bertz CT molecular complexity index is 1480. The highest BCUT2D eigenvalue weighted by atomic mass is 16.5. The van der Waals surface area contributed by atoms with Gasteiger partial charge >= 0.3 is 0 Å². The summed E-state index contributed by atoms with van der Waals surface area (Å²) in [6.07, 6.45) is 17.2. The van der Waals surface area contributed by atoms with E-state index in [1.54, 1.807) is 0 Å². The van der Waals surface area contributed by atoms with Gasteiger partial charge < -0.3 is 4.74 Å². The first-order valence-corrected chi connectivity index (χ1v) is 14.0. The molecule has 2 aromatic carbocycles. The van der Waals surface area contributed by atoms with Crippen molar-refractivity contribution in [3.63, 3.8) is 0 Å². The van der Waals surface area contributed by atoms with Crippen LogP contribution < -0.4 is 0 Å². The SMILES string of the molecule is C[N+](CCC#N)=C1C=CC(=C/C=C2\C=C(c3ccc(C(C)(C)C)cc3)C=C(c3ccc(C(C)(C)C)cc3)O2)C=C1. The topological polar surface area (TPSA) is 36.0 Å². The lowest BCUT2D eigenvalue weighted by molar-refractivity contribution is -0.494. The first-order chi connectivity index (χ1) is 18.9. The largest absolute Gasteiger partial charge is 0.457 e. The monoisotopic (exact) mass is 529 g/mol. The van der Waals surface area contributed by atoms with Crippen molar-refractivity contribution in [2.24, 2.45) is 0 Å². The number of ether oxygens (including phenoxy) is 1. The summed E-state index contributed by atoms with van der Waals surface area (Å²) in [4.78, 5) is 0. The third-order valence-electron chi connectivity index (χ3n) is 7.26. The molecule has 3 nitrogen and oxygen atoms in total. The van der Waals surface area contributed by atoms with Crippen LogP contribution in [0.5, 0.6) is 0 Å². The molecule has 0 radical (unpaired) electrons. The van der Waals surface area contributed by atoms with Crippen molar-refractivity contribution in [2.45, 2.75) is 58.8 Å². The van der Waals surface area contributed by atoms with Crippen molar-refractivity contribution in [1.29, 1.82) is 5.26 Å². The van der Waals surface area contributed by atoms with Gasteiger partial charge in [0.15, 0.2) is 12.3 Å². The van der Waals surface area contributed by atoms with Gasteiger partial charge in [-0.15, -0.1) is 0 Å². The van der Waals surface area contributed by atoms with Crippen molar-refractivity contribution >= 4 is 17.0 Å². The number of nitriles is 1. The van der Waals surface area contributed by atoms with Gasteiger partial charge in [-0.3, -0.25) is 0 Å². The van der Waals surface area contributed by atoms with E-state index in [0.29, 0.717) is 13.0 Å². The van der Waals surface area contributed by atoms with E-state index in [-0.39, 0.29) is 10.8 Å². The van der Waals surface area contributed by atoms with Crippen LogP contribution in [0.1, 0.15) is 70.2 Å². The quantitative estimate of drug-likeness (QED) is 0.363. The van der Waals surface area contributed by atoms with Crippen molar-refractivity contribution < 1.29 is 9.31 Å². The molecule has 204 valence electrons. The van der Waals surface area contributed by atoms with Gasteiger partial charge in [0, 0.05) is 17.7 Å². The molecule has 0 aromatic heterocycles. The molecule has 0 unspecified atom stereocenters. The molecular formula is C37H41N2O+. The molecule has 4 rings (SSSR count). The number of hydrogen-bond donors (Lipinski definition) is 0. The molecule has 0 spiro atoms. The molecule has 3 heteroatoms. The Balaban J connectivity index is 1.66. The van der Waals surface area contributed by atoms with E-state index in [2.05, 4.69) is 143 Å². The molecular weight excluding hydrogens is 488 g/mol. The molecule has 2 aliphatic rings. The van der Waals surface area contributed by atoms with Gasteiger partial charge in [-0.1, -0.05) is 96.1 Å². The maximum absolute atomic E-state index is 8.86. The Morgan fingerprint density at radius 1 is 0.750 bits per heavy atom. The predicted octanol–water partition coefficient (Wildman–Crippen LogP) is 8.67. The van der Waals surface area contributed by atoms with Crippen LogP contribution in [0, 0.1) is 11.3 Å². The Hall–Kier alpha value is -4.16. The standard InChI is InChI=1S/C37H41N2O/c1-36(2,3)31-16-12-28(13-17-31)30-25-34(22-11-27-9-20-33(21-10-27)39(7)24-8-23-38)40-35(26-30)29-14-18-32(19-15-29)37(4,5)6/h9-22,25-26H,8,24H2,1-7H3/q+1/b27-11?,34-22+,39-33?. The molecule has 0 N–H and O–H groups in total. The minimum Gasteiger partial charge on any atom is -0.457 e. The average Bonchev–Trinajstić information content (AvgIpc) is 2.94. The molecule has 1 aliphatic heterocycles. The fraction of sp³-hybridized carbons (Fsp3) is 0.297. The first kappa shape index (κ1) is 28.8. The van der Waals surface area contributed by atoms with E-state index in [1.807, 2.05) is 13.1 Å². The van der Waals surface area contributed by atoms with Crippen LogP contribution in [0.2, 0.25) is 0 Å². The highest BCUT2D eigenvalue weighted by molar-refractivity contribution is 6.02. The zero-order valence-electron chi connectivity index (χ0n) is 25.0. The summed E-state index contributed by atoms with van der Waals surface area (Å²) in [7, 11) is 2.01. The van der Waals surface area contributed by atoms with Crippen LogP contribution in [0.4, 0.5) is 0 Å². The van der Waals surface area contributed by atoms with Gasteiger partial charge in [-0.2, -0.15) is 5.26 Å². The third-order valence-corrected chi connectivity index (χ3v) is 7.26. The summed E-state index contributed by atoms with van der Waals surface area (Å²) in [6, 6.07) is 19.8. The van der Waals surface area contributed by atoms with E-state index in [4.69, 9.17) is 10.00 Å². The van der Waals surface area contributed by atoms with Gasteiger partial charge in [0.25, 0.3) is 0 Å². The molecule has 0 bridgehead atoms. The highest BCUT2D eigenvalue weighted by Gasteiger charge is 2.18. The van der Waals surface area contributed by atoms with Crippen LogP contribution >= 0.6 is 0 Å². The highest BCUT2D eigenvalue weighted by Crippen LogP contribution is 2.34. The lowest BCUT2D eigenvalue weighted by atomic mass is 9.86. The van der Waals surface area contributed by atoms with Crippen molar-refractivity contribution in [2.75, 3.05) is 13.6 Å². The normalized spacial score (nSPS) is 16.3. The maximum Gasteiger partial charge on any atom is 0.199 e. The number of hydrogen-bond acceptors (Lipinski definition) is 2. The number of nitrogens with zero attached hydrogens (tertiary/aromatic N) is 2. The van der Waals surface area contributed by atoms with Crippen LogP contribution in [0.15, 0.2) is 108 Å². The molecule has 1 aliphatic carbocycles. The summed E-state index contributed by atoms with van der Waals surface area (Å²) >= 11 is 0. The summed E-state index contributed by atoms with van der Waals surface area (Å²) in [6.45, 7) is 14.1. The lowest BCUT2D eigenvalue weighted by Gasteiger charge is -2.22. The van der Waals surface area contributed by atoms with Gasteiger partial charge in [0.05, 0.1) is 12.5 Å². The van der Waals surface area contributed by atoms with Gasteiger partial charge in [0.1, 0.15) is 18.6 Å². The second-order valence-electron chi connectivity index (χ2n) is 12.5. The Labute approximate surface area is 240 Å². The first-order valence-electron chi connectivity index (χ1n) is 14.0. The number of benzene rings is 2. The number of rotatable bonds is 5. The maximum atomic E-state index is 8.86. The van der Waals surface area contributed by atoms with Crippen LogP contribution in [0.25, 0.3) is 11.3 Å². The predicted molar refractivity (Wildman–Crippen MR) is 168 cm³/mol. The van der Waals surface area contributed by atoms with Crippen molar-refractivity contribution in [3.05, 3.63) is 131 Å². The van der Waals surface area contributed by atoms with E-state index < -0.39 is 0 Å². The average molecular weight is 530 g/mol. The zero-order valence-corrected chi connectivity index (χ0v) is 25.0. The van der Waals surface area contributed by atoms with E-state index in [1.165, 1.54) is 11.1 Å². The zero-order chi connectivity index (χ0) is 28.9. The van der Waals surface area contributed by atoms with Crippen molar-refractivity contribution in [1.82, 2.24) is 0 Å². The molecule has 0 saturated heterocycles. The lowest BCUT2D eigenvalue weighted by Crippen LogP contribution is -2.16. The van der Waals surface area contributed by atoms with Gasteiger partial charge in [-0.25, -0.2) is 4.58 Å². The smallest absolute Gasteiger partial charge is 0.199 e. The second-order valence-corrected chi connectivity index (χ2v) is 12.5. The van der Waals surface area contributed by atoms with E-state index in [9.17, 15) is 0 Å². The van der Waals surface area contributed by atoms with E-state index >= 15 is 0 Å². The van der Waals surface area contributed by atoms with Gasteiger partial charge in [-0.05, 0) is 69.0 Å². The number of allylic oxidation sites excluding steroid dienone is 10. The van der Waals surface area contributed by atoms with Crippen LogP contribution in [0.3, 0.4) is 0 Å². The Kier molecular flexibility index (Phi) is 8.60. The molecule has 40 heavy (non-hydrogen) atoms. The molecule has 1 heterocycles. The fourth-order valence-electron chi connectivity index (χ4n) is 4.58. The second kappa shape index (κ2) is 11.9. The van der Waals surface area contributed by atoms with E-state index in [0.717, 1.165) is 39.5 Å². The summed E-state index contributed by atoms with van der Waals surface area (Å²) < 4.78 is 8.53. The fourth-order valence-corrected chi connectivity index (χ4v) is 4.58. The summed E-state index contributed by atoms with van der Waals surface area (Å²) in [5.41, 5.74) is 8.34. The summed E-state index contributed by atoms with van der Waals surface area (Å²) in [5.74, 6) is 1.63. The minimum atomic E-state index is 0.0975. The summed E-state index contributed by atoms with van der Waals surface area (Å²) in [5, 5.41) is 8.86. The molecule has 0 amide bonds. The molecule has 0 saturated carbocycles. The van der Waals surface area contributed by atoms with Crippen molar-refractivity contribution in [3.8, 4) is 6.07 Å². The molecule has 0 fully saturated rings. The van der Waals surface area contributed by atoms with Crippen LogP contribution in [-0.2, 0) is 15.6 Å².